The van der Waals surface area contributed by atoms with Crippen LogP contribution in [0.1, 0.15) is 22.3 Å². The first kappa shape index (κ1) is 13.6. The normalized spacial score (nSPS) is 10.7. The van der Waals surface area contributed by atoms with Gasteiger partial charge in [-0.3, -0.25) is 5.10 Å². The molecular weight excluding hydrogens is 258 g/mol. The van der Waals surface area contributed by atoms with E-state index in [1.54, 1.807) is 12.3 Å². The molecule has 1 aromatic heterocycles. The second kappa shape index (κ2) is 6.40. The van der Waals surface area contributed by atoms with Gasteiger partial charge in [-0.25, -0.2) is 4.79 Å². The van der Waals surface area contributed by atoms with E-state index in [0.717, 1.165) is 16.5 Å². The zero-order valence-electron chi connectivity index (χ0n) is 10.9. The lowest BCUT2D eigenvalue weighted by Crippen LogP contribution is -2.02. The minimum Gasteiger partial charge on any atom is -0.465 e. The number of rotatable bonds is 5. The van der Waals surface area contributed by atoms with Gasteiger partial charge in [-0.2, -0.15) is 5.10 Å². The molecule has 0 unspecified atom stereocenters. The van der Waals surface area contributed by atoms with Crippen LogP contribution in [-0.2, 0) is 4.74 Å². The molecule has 2 rings (SSSR count). The highest BCUT2D eigenvalue weighted by molar-refractivity contribution is 6.04. The zero-order chi connectivity index (χ0) is 14.4. The molecule has 0 spiro atoms. The lowest BCUT2D eigenvalue weighted by atomic mass is 10.1. The molecule has 7 nitrogen and oxygen atoms in total. The van der Waals surface area contributed by atoms with Gasteiger partial charge < -0.3 is 4.74 Å². The number of azide groups is 1. The largest absolute Gasteiger partial charge is 0.465 e. The summed E-state index contributed by atoms with van der Waals surface area (Å²) in [4.78, 5) is 14.4. The predicted octanol–water partition coefficient (Wildman–Crippen LogP) is 3.06. The molecule has 20 heavy (non-hydrogen) atoms. The summed E-state index contributed by atoms with van der Waals surface area (Å²) in [7, 11) is 1.34. The van der Waals surface area contributed by atoms with E-state index in [2.05, 4.69) is 20.2 Å². The molecule has 1 aromatic carbocycles. The number of nitrogens with zero attached hydrogens (tertiary/aromatic N) is 4. The van der Waals surface area contributed by atoms with Crippen LogP contribution in [0.2, 0.25) is 0 Å². The summed E-state index contributed by atoms with van der Waals surface area (Å²) in [5, 5.41) is 10.9. The maximum Gasteiger partial charge on any atom is 0.338 e. The van der Waals surface area contributed by atoms with Crippen LogP contribution in [0.4, 0.5) is 0 Å². The van der Waals surface area contributed by atoms with Crippen molar-refractivity contribution in [1.29, 1.82) is 0 Å². The number of aromatic nitrogens is 2. The number of nitrogens with one attached hydrogen (secondary N) is 1. The summed E-state index contributed by atoms with van der Waals surface area (Å²) < 4.78 is 4.77. The standard InChI is InChI=1S/C13H13N5O2/c1-20-13(19)10-6-9(4-2-3-5-15-18-14)7-12-11(10)8-16-17-12/h2,4,6-8H,3,5H2,1H3,(H,16,17). The summed E-state index contributed by atoms with van der Waals surface area (Å²) in [6.07, 6.45) is 5.97. The molecule has 1 heterocycles. The number of methoxy groups -OCH3 is 1. The molecule has 0 fully saturated rings. The van der Waals surface area contributed by atoms with Gasteiger partial charge in [0.2, 0.25) is 0 Å². The fourth-order valence-electron chi connectivity index (χ4n) is 1.85. The first-order valence-electron chi connectivity index (χ1n) is 5.99. The highest BCUT2D eigenvalue weighted by Crippen LogP contribution is 2.21. The average molecular weight is 271 g/mol. The van der Waals surface area contributed by atoms with Crippen molar-refractivity contribution in [1.82, 2.24) is 10.2 Å². The van der Waals surface area contributed by atoms with Gasteiger partial charge in [0.05, 0.1) is 24.4 Å². The van der Waals surface area contributed by atoms with E-state index < -0.39 is 5.97 Å². The highest BCUT2D eigenvalue weighted by atomic mass is 16.5. The second-order valence-corrected chi connectivity index (χ2v) is 4.04. The van der Waals surface area contributed by atoms with Crippen molar-refractivity contribution in [2.24, 2.45) is 5.11 Å². The number of benzene rings is 1. The van der Waals surface area contributed by atoms with Crippen molar-refractivity contribution in [2.75, 3.05) is 13.7 Å². The third-order valence-corrected chi connectivity index (χ3v) is 2.76. The molecule has 102 valence electrons. The smallest absolute Gasteiger partial charge is 0.338 e. The lowest BCUT2D eigenvalue weighted by Gasteiger charge is -2.03. The Balaban J connectivity index is 2.30. The number of carbonyl (C=O) groups is 1. The SMILES string of the molecule is COC(=O)c1cc(C=CCCN=[N+]=[N-])cc2[nH]ncc12. The molecule has 7 heteroatoms. The number of hydrogen-bond acceptors (Lipinski definition) is 4. The Morgan fingerprint density at radius 2 is 2.45 bits per heavy atom. The van der Waals surface area contributed by atoms with E-state index in [0.29, 0.717) is 18.5 Å². The van der Waals surface area contributed by atoms with Gasteiger partial charge >= 0.3 is 5.97 Å². The number of hydrogen-bond donors (Lipinski definition) is 1. The number of H-pyrrole nitrogens is 1. The summed E-state index contributed by atoms with van der Waals surface area (Å²) >= 11 is 0. The Hall–Kier alpha value is -2.79. The lowest BCUT2D eigenvalue weighted by molar-refractivity contribution is 0.0603. The van der Waals surface area contributed by atoms with Gasteiger partial charge in [0.25, 0.3) is 0 Å². The Morgan fingerprint density at radius 3 is 3.20 bits per heavy atom. The predicted molar refractivity (Wildman–Crippen MR) is 75.1 cm³/mol. The number of ether oxygens (including phenoxy) is 1. The molecule has 2 aromatic rings. The molecule has 0 saturated heterocycles. The minimum absolute atomic E-state index is 0.402. The topological polar surface area (TPSA) is 104 Å². The molecule has 0 aliphatic rings. The van der Waals surface area contributed by atoms with E-state index in [1.165, 1.54) is 7.11 Å². The number of carbonyl (C=O) groups excluding carboxylic acids is 1. The van der Waals surface area contributed by atoms with Gasteiger partial charge in [-0.05, 0) is 29.6 Å². The summed E-state index contributed by atoms with van der Waals surface area (Å²) in [6.45, 7) is 0.406. The van der Waals surface area contributed by atoms with E-state index >= 15 is 0 Å². The van der Waals surface area contributed by atoms with Crippen LogP contribution in [0, 0.1) is 0 Å². The van der Waals surface area contributed by atoms with Crippen LogP contribution < -0.4 is 0 Å². The van der Waals surface area contributed by atoms with E-state index in [4.69, 9.17) is 10.3 Å². The average Bonchev–Trinajstić information content (AvgIpc) is 2.93. The minimum atomic E-state index is -0.402. The molecule has 0 aliphatic heterocycles. The van der Waals surface area contributed by atoms with Crippen LogP contribution in [0.5, 0.6) is 0 Å². The maximum absolute atomic E-state index is 11.7. The first-order valence-corrected chi connectivity index (χ1v) is 5.99. The fraction of sp³-hybridized carbons (Fsp3) is 0.231. The molecule has 0 bridgehead atoms. The van der Waals surface area contributed by atoms with Crippen molar-refractivity contribution in [3.8, 4) is 0 Å². The second-order valence-electron chi connectivity index (χ2n) is 4.04. The Bertz CT molecular complexity index is 698. The van der Waals surface area contributed by atoms with Crippen LogP contribution >= 0.6 is 0 Å². The third kappa shape index (κ3) is 2.96. The molecule has 0 amide bonds. The quantitative estimate of drug-likeness (QED) is 0.297. The maximum atomic E-state index is 11.7. The van der Waals surface area contributed by atoms with E-state index in [1.807, 2.05) is 18.2 Å². The molecule has 0 saturated carbocycles. The van der Waals surface area contributed by atoms with Gasteiger partial charge in [0.1, 0.15) is 0 Å². The van der Waals surface area contributed by atoms with E-state index in [9.17, 15) is 4.79 Å². The monoisotopic (exact) mass is 271 g/mol. The summed E-state index contributed by atoms with van der Waals surface area (Å²) in [5.74, 6) is -0.402. The zero-order valence-corrected chi connectivity index (χ0v) is 10.9. The summed E-state index contributed by atoms with van der Waals surface area (Å²) in [5.41, 5.74) is 10.3. The van der Waals surface area contributed by atoms with Crippen molar-refractivity contribution in [3.05, 3.63) is 46.0 Å². The Labute approximate surface area is 114 Å². The van der Waals surface area contributed by atoms with Crippen LogP contribution in [-0.4, -0.2) is 29.8 Å². The van der Waals surface area contributed by atoms with E-state index in [-0.39, 0.29) is 0 Å². The van der Waals surface area contributed by atoms with Crippen molar-refractivity contribution in [3.63, 3.8) is 0 Å². The van der Waals surface area contributed by atoms with Crippen LogP contribution in [0.15, 0.2) is 29.5 Å². The summed E-state index contributed by atoms with van der Waals surface area (Å²) in [6, 6.07) is 3.63. The first-order chi connectivity index (χ1) is 9.76. The molecule has 1 N–H and O–H groups in total. The van der Waals surface area contributed by atoms with Crippen LogP contribution in [0.25, 0.3) is 27.4 Å². The van der Waals surface area contributed by atoms with Crippen molar-refractivity contribution in [2.45, 2.75) is 6.42 Å². The third-order valence-electron chi connectivity index (χ3n) is 2.76. The number of esters is 1. The van der Waals surface area contributed by atoms with Crippen molar-refractivity contribution < 1.29 is 9.53 Å². The van der Waals surface area contributed by atoms with Gasteiger partial charge in [0.15, 0.2) is 0 Å². The molecular formula is C13H13N5O2. The van der Waals surface area contributed by atoms with Gasteiger partial charge in [-0.1, -0.05) is 17.3 Å². The Kier molecular flexibility index (Phi) is 4.36. The highest BCUT2D eigenvalue weighted by Gasteiger charge is 2.12. The number of fused-ring (bicyclic) bond motifs is 1. The van der Waals surface area contributed by atoms with Crippen LogP contribution in [0.3, 0.4) is 0 Å². The molecule has 0 atom stereocenters. The van der Waals surface area contributed by atoms with Gasteiger partial charge in [-0.15, -0.1) is 0 Å². The molecule has 0 radical (unpaired) electrons. The van der Waals surface area contributed by atoms with Crippen molar-refractivity contribution >= 4 is 22.9 Å². The number of aromatic amines is 1. The molecule has 0 aliphatic carbocycles. The Morgan fingerprint density at radius 1 is 1.60 bits per heavy atom. The van der Waals surface area contributed by atoms with Gasteiger partial charge in [0, 0.05) is 16.8 Å². The fourth-order valence-corrected chi connectivity index (χ4v) is 1.85.